The lowest BCUT2D eigenvalue weighted by Crippen LogP contribution is -2.35. The van der Waals surface area contributed by atoms with E-state index < -0.39 is 0 Å². The maximum atomic E-state index is 4.30. The molecule has 0 aromatic carbocycles. The molecule has 1 aromatic rings. The Balaban J connectivity index is 1.78. The molecule has 1 aliphatic carbocycles. The Labute approximate surface area is 105 Å². The van der Waals surface area contributed by atoms with E-state index in [-0.39, 0.29) is 0 Å². The maximum absolute atomic E-state index is 4.30. The van der Waals surface area contributed by atoms with E-state index in [0.29, 0.717) is 6.04 Å². The van der Waals surface area contributed by atoms with Crippen LogP contribution in [0.2, 0.25) is 0 Å². The molecule has 17 heavy (non-hydrogen) atoms. The summed E-state index contributed by atoms with van der Waals surface area (Å²) in [5.41, 5.74) is 1.30. The Morgan fingerprint density at radius 2 is 2.18 bits per heavy atom. The number of rotatable bonds is 4. The highest BCUT2D eigenvalue weighted by Crippen LogP contribution is 2.29. The minimum absolute atomic E-state index is 0.700. The molecular formula is C14H25N3. The van der Waals surface area contributed by atoms with E-state index in [1.54, 1.807) is 0 Å². The predicted octanol–water partition coefficient (Wildman–Crippen LogP) is 2.82. The fraction of sp³-hybridized carbons (Fsp3) is 0.786. The van der Waals surface area contributed by atoms with E-state index in [0.717, 1.165) is 24.9 Å². The van der Waals surface area contributed by atoms with Crippen LogP contribution in [0.25, 0.3) is 0 Å². The summed E-state index contributed by atoms with van der Waals surface area (Å²) < 4.78 is 1.99. The van der Waals surface area contributed by atoms with Gasteiger partial charge in [-0.1, -0.05) is 13.8 Å². The van der Waals surface area contributed by atoms with Gasteiger partial charge in [0, 0.05) is 30.9 Å². The second-order valence-corrected chi connectivity index (χ2v) is 5.55. The third kappa shape index (κ3) is 3.32. The molecule has 0 aliphatic heterocycles. The number of aromatic nitrogens is 2. The van der Waals surface area contributed by atoms with Gasteiger partial charge in [0.1, 0.15) is 0 Å². The van der Waals surface area contributed by atoms with Crippen LogP contribution in [0.1, 0.15) is 45.6 Å². The molecule has 1 fully saturated rings. The van der Waals surface area contributed by atoms with E-state index in [2.05, 4.69) is 37.4 Å². The standard InChI is InChI=1S/C14H25N3/c1-4-17-10-13(9-16-17)8-15-14-6-5-11(2)12(3)7-14/h9-12,14-15H,4-8H2,1-3H3. The predicted molar refractivity (Wildman–Crippen MR) is 70.7 cm³/mol. The molecule has 0 amide bonds. The van der Waals surface area contributed by atoms with E-state index >= 15 is 0 Å². The molecule has 1 saturated carbocycles. The maximum Gasteiger partial charge on any atom is 0.0534 e. The van der Waals surface area contributed by atoms with Crippen molar-refractivity contribution < 1.29 is 0 Å². The molecule has 0 bridgehead atoms. The third-order valence-corrected chi connectivity index (χ3v) is 4.20. The Morgan fingerprint density at radius 3 is 2.82 bits per heavy atom. The lowest BCUT2D eigenvalue weighted by Gasteiger charge is -2.32. The zero-order chi connectivity index (χ0) is 12.3. The summed E-state index contributed by atoms with van der Waals surface area (Å²) >= 11 is 0. The van der Waals surface area contributed by atoms with Crippen LogP contribution in [0.4, 0.5) is 0 Å². The molecule has 0 saturated heterocycles. The Hall–Kier alpha value is -0.830. The second kappa shape index (κ2) is 5.67. The first-order valence-corrected chi connectivity index (χ1v) is 6.93. The summed E-state index contributed by atoms with van der Waals surface area (Å²) in [7, 11) is 0. The van der Waals surface area contributed by atoms with Crippen LogP contribution < -0.4 is 5.32 Å². The first-order chi connectivity index (χ1) is 8.19. The molecular weight excluding hydrogens is 210 g/mol. The molecule has 0 spiro atoms. The van der Waals surface area contributed by atoms with Gasteiger partial charge in [-0.25, -0.2) is 0 Å². The second-order valence-electron chi connectivity index (χ2n) is 5.55. The summed E-state index contributed by atoms with van der Waals surface area (Å²) in [4.78, 5) is 0. The van der Waals surface area contributed by atoms with E-state index in [9.17, 15) is 0 Å². The highest BCUT2D eigenvalue weighted by molar-refractivity contribution is 5.03. The van der Waals surface area contributed by atoms with Crippen molar-refractivity contribution in [2.24, 2.45) is 11.8 Å². The number of aryl methyl sites for hydroxylation is 1. The average molecular weight is 235 g/mol. The zero-order valence-corrected chi connectivity index (χ0v) is 11.3. The highest BCUT2D eigenvalue weighted by Gasteiger charge is 2.23. The van der Waals surface area contributed by atoms with Crippen molar-refractivity contribution in [3.8, 4) is 0 Å². The molecule has 96 valence electrons. The first kappa shape index (κ1) is 12.6. The van der Waals surface area contributed by atoms with E-state index in [1.165, 1.54) is 24.8 Å². The molecule has 0 radical (unpaired) electrons. The number of hydrogen-bond donors (Lipinski definition) is 1. The zero-order valence-electron chi connectivity index (χ0n) is 11.3. The molecule has 1 heterocycles. The minimum Gasteiger partial charge on any atom is -0.310 e. The fourth-order valence-corrected chi connectivity index (χ4v) is 2.67. The highest BCUT2D eigenvalue weighted by atomic mass is 15.3. The lowest BCUT2D eigenvalue weighted by atomic mass is 9.79. The van der Waals surface area contributed by atoms with E-state index in [4.69, 9.17) is 0 Å². The number of hydrogen-bond acceptors (Lipinski definition) is 2. The van der Waals surface area contributed by atoms with Crippen LogP contribution in [0.5, 0.6) is 0 Å². The van der Waals surface area contributed by atoms with Gasteiger partial charge >= 0.3 is 0 Å². The molecule has 3 heteroatoms. The van der Waals surface area contributed by atoms with Gasteiger partial charge < -0.3 is 5.32 Å². The van der Waals surface area contributed by atoms with Crippen molar-refractivity contribution in [2.75, 3.05) is 0 Å². The Morgan fingerprint density at radius 1 is 1.35 bits per heavy atom. The van der Waals surface area contributed by atoms with Crippen molar-refractivity contribution in [1.82, 2.24) is 15.1 Å². The van der Waals surface area contributed by atoms with Crippen molar-refractivity contribution in [1.29, 1.82) is 0 Å². The lowest BCUT2D eigenvalue weighted by molar-refractivity contribution is 0.225. The molecule has 3 unspecified atom stereocenters. The molecule has 1 N–H and O–H groups in total. The Bertz CT molecular complexity index is 345. The van der Waals surface area contributed by atoms with Crippen LogP contribution >= 0.6 is 0 Å². The number of nitrogens with zero attached hydrogens (tertiary/aromatic N) is 2. The Kier molecular flexibility index (Phi) is 4.21. The van der Waals surface area contributed by atoms with Crippen molar-refractivity contribution >= 4 is 0 Å². The van der Waals surface area contributed by atoms with Crippen LogP contribution in [-0.4, -0.2) is 15.8 Å². The SMILES string of the molecule is CCn1cc(CNC2CCC(C)C(C)C2)cn1. The molecule has 3 nitrogen and oxygen atoms in total. The summed E-state index contributed by atoms with van der Waals surface area (Å²) in [6, 6.07) is 0.700. The van der Waals surface area contributed by atoms with Crippen molar-refractivity contribution in [2.45, 2.75) is 59.2 Å². The van der Waals surface area contributed by atoms with Gasteiger partial charge in [-0.3, -0.25) is 4.68 Å². The van der Waals surface area contributed by atoms with Crippen LogP contribution in [0.3, 0.4) is 0 Å². The first-order valence-electron chi connectivity index (χ1n) is 6.93. The summed E-state index contributed by atoms with van der Waals surface area (Å²) in [6.45, 7) is 8.80. The van der Waals surface area contributed by atoms with Gasteiger partial charge in [-0.2, -0.15) is 5.10 Å². The van der Waals surface area contributed by atoms with Crippen LogP contribution in [-0.2, 0) is 13.1 Å². The van der Waals surface area contributed by atoms with Crippen LogP contribution in [0.15, 0.2) is 12.4 Å². The summed E-state index contributed by atoms with van der Waals surface area (Å²) in [5, 5.41) is 7.98. The number of nitrogens with one attached hydrogen (secondary N) is 1. The average Bonchev–Trinajstić information content (AvgIpc) is 2.79. The monoisotopic (exact) mass is 235 g/mol. The molecule has 1 aliphatic rings. The van der Waals surface area contributed by atoms with Gasteiger partial charge in [-0.05, 0) is 38.0 Å². The van der Waals surface area contributed by atoms with Gasteiger partial charge in [0.05, 0.1) is 6.20 Å². The van der Waals surface area contributed by atoms with Crippen molar-refractivity contribution in [3.63, 3.8) is 0 Å². The fourth-order valence-electron chi connectivity index (χ4n) is 2.67. The third-order valence-electron chi connectivity index (χ3n) is 4.20. The van der Waals surface area contributed by atoms with E-state index in [1.807, 2.05) is 10.9 Å². The van der Waals surface area contributed by atoms with Gasteiger partial charge in [-0.15, -0.1) is 0 Å². The topological polar surface area (TPSA) is 29.9 Å². The smallest absolute Gasteiger partial charge is 0.0534 e. The summed E-state index contributed by atoms with van der Waals surface area (Å²) in [6.07, 6.45) is 8.14. The van der Waals surface area contributed by atoms with Gasteiger partial charge in [0.2, 0.25) is 0 Å². The van der Waals surface area contributed by atoms with Crippen molar-refractivity contribution in [3.05, 3.63) is 18.0 Å². The molecule has 1 aromatic heterocycles. The van der Waals surface area contributed by atoms with Gasteiger partial charge in [0.25, 0.3) is 0 Å². The summed E-state index contributed by atoms with van der Waals surface area (Å²) in [5.74, 6) is 1.76. The quantitative estimate of drug-likeness (QED) is 0.869. The normalized spacial score (nSPS) is 29.5. The largest absolute Gasteiger partial charge is 0.310 e. The molecule has 3 atom stereocenters. The van der Waals surface area contributed by atoms with Gasteiger partial charge in [0.15, 0.2) is 0 Å². The minimum atomic E-state index is 0.700. The molecule has 2 rings (SSSR count). The van der Waals surface area contributed by atoms with Crippen LogP contribution in [0, 0.1) is 11.8 Å².